The third-order valence-corrected chi connectivity index (χ3v) is 20.2. The van der Waals surface area contributed by atoms with E-state index < -0.39 is 0 Å². The Morgan fingerprint density at radius 1 is 0.634 bits per heavy atom. The van der Waals surface area contributed by atoms with Crippen LogP contribution in [0.3, 0.4) is 0 Å². The summed E-state index contributed by atoms with van der Waals surface area (Å²) < 4.78 is 6.60. The van der Waals surface area contributed by atoms with Crippen LogP contribution in [0.5, 0.6) is 0 Å². The fraction of sp³-hybridized carbons (Fsp3) is 0.304. The van der Waals surface area contributed by atoms with E-state index in [1.807, 2.05) is 0 Å². The SMILES string of the molecule is CC1C=C(c2cccc3cccc(C4CCCCC4)c23)C(N(c2ccccc2-c2ccc3c(c2)oc2ccccc23)c2ccccc2C2C=CC3=C(C2)C2(c4ccccc43)C3CC4CC5CC2C53C4)=CC1. The van der Waals surface area contributed by atoms with Crippen LogP contribution < -0.4 is 4.90 Å². The van der Waals surface area contributed by atoms with Gasteiger partial charge in [0.25, 0.3) is 0 Å². The van der Waals surface area contributed by atoms with Crippen LogP contribution in [0.15, 0.2) is 192 Å². The number of hydrogen-bond donors (Lipinski definition) is 0. The molecule has 2 heteroatoms. The molecule has 5 saturated carbocycles. The second-order valence-corrected chi connectivity index (χ2v) is 23.4. The predicted octanol–water partition coefficient (Wildman–Crippen LogP) is 18.4. The van der Waals surface area contributed by atoms with Crippen LogP contribution in [-0.2, 0) is 5.41 Å². The van der Waals surface area contributed by atoms with Gasteiger partial charge in [-0.15, -0.1) is 0 Å². The van der Waals surface area contributed by atoms with Crippen molar-refractivity contribution < 1.29 is 4.42 Å². The molecule has 2 bridgehead atoms. The monoisotopic (exact) mass is 919 g/mol. The summed E-state index contributed by atoms with van der Waals surface area (Å²) in [5.74, 6) is 4.77. The van der Waals surface area contributed by atoms with E-state index in [4.69, 9.17) is 4.42 Å². The molecule has 0 amide bonds. The Kier molecular flexibility index (Phi) is 8.78. The average molecular weight is 920 g/mol. The molecule has 0 N–H and O–H groups in total. The summed E-state index contributed by atoms with van der Waals surface area (Å²) in [4.78, 5) is 2.70. The molecule has 2 spiro atoms. The molecular formula is C69H61NO. The quantitative estimate of drug-likeness (QED) is 0.158. The Morgan fingerprint density at radius 2 is 1.38 bits per heavy atom. The highest BCUT2D eigenvalue weighted by Crippen LogP contribution is 2.90. The third-order valence-electron chi connectivity index (χ3n) is 20.2. The lowest BCUT2D eigenvalue weighted by Crippen LogP contribution is -2.74. The van der Waals surface area contributed by atoms with Crippen LogP contribution >= 0.6 is 0 Å². The topological polar surface area (TPSA) is 16.4 Å². The number of rotatable bonds is 7. The van der Waals surface area contributed by atoms with Gasteiger partial charge < -0.3 is 9.32 Å². The van der Waals surface area contributed by atoms with Gasteiger partial charge in [0.15, 0.2) is 0 Å². The molecular weight excluding hydrogens is 859 g/mol. The molecule has 2 nitrogen and oxygen atoms in total. The van der Waals surface area contributed by atoms with Crippen LogP contribution in [0.4, 0.5) is 11.4 Å². The van der Waals surface area contributed by atoms with Gasteiger partial charge in [-0.25, -0.2) is 0 Å². The number of benzene rings is 7. The van der Waals surface area contributed by atoms with Gasteiger partial charge in [0, 0.05) is 44.6 Å². The predicted molar refractivity (Wildman–Crippen MR) is 294 cm³/mol. The van der Waals surface area contributed by atoms with Crippen LogP contribution in [0.25, 0.3) is 55.0 Å². The maximum Gasteiger partial charge on any atom is 0.136 e. The first-order chi connectivity index (χ1) is 35.1. The summed E-state index contributed by atoms with van der Waals surface area (Å²) >= 11 is 0. The van der Waals surface area contributed by atoms with Gasteiger partial charge in [-0.05, 0) is 172 Å². The van der Waals surface area contributed by atoms with Gasteiger partial charge in [-0.2, -0.15) is 0 Å². The fourth-order valence-electron chi connectivity index (χ4n) is 17.7. The first-order valence-corrected chi connectivity index (χ1v) is 27.4. The number of fused-ring (bicyclic) bond motifs is 11. The van der Waals surface area contributed by atoms with Gasteiger partial charge >= 0.3 is 0 Å². The largest absolute Gasteiger partial charge is 0.456 e. The molecule has 8 aliphatic rings. The zero-order valence-corrected chi connectivity index (χ0v) is 40.9. The number of allylic oxidation sites excluding steroid dienone is 7. The standard InChI is InChI=1S/C69H61NO/c1-42-29-34-62(57(35-42)56-24-14-18-45-17-13-23-51(67(45)56)44-15-3-2-4-16-44)70(61-27-11-7-20-50(61)47-31-33-55-54-22-8-12-28-63(54)71-64(55)39-47)60-26-10-6-19-49(60)46-30-32-53-52-21-5-9-25-58(52)69(59(53)38-46)65-37-43-36-48-40-66(69)68(48,65)41-43/h5-14,17-28,30-35,39,42-44,46,48,65-66H,2-4,15-16,29,36-38,40-41H2,1H3. The van der Waals surface area contributed by atoms with E-state index in [0.29, 0.717) is 17.3 Å². The zero-order chi connectivity index (χ0) is 46.6. The van der Waals surface area contributed by atoms with Gasteiger partial charge in [-0.1, -0.05) is 177 Å². The van der Waals surface area contributed by atoms with Crippen molar-refractivity contribution in [1.29, 1.82) is 0 Å². The first kappa shape index (κ1) is 41.0. The minimum Gasteiger partial charge on any atom is -0.456 e. The van der Waals surface area contributed by atoms with E-state index in [1.165, 1.54) is 119 Å². The van der Waals surface area contributed by atoms with Crippen LogP contribution in [0, 0.1) is 35.0 Å². The minimum atomic E-state index is 0.208. The molecule has 8 atom stereocenters. The Morgan fingerprint density at radius 3 is 2.28 bits per heavy atom. The summed E-state index contributed by atoms with van der Waals surface area (Å²) in [5.41, 5.74) is 21.0. The Hall–Kier alpha value is -6.64. The van der Waals surface area contributed by atoms with E-state index in [2.05, 4.69) is 188 Å². The van der Waals surface area contributed by atoms with Crippen LogP contribution in [-0.4, -0.2) is 0 Å². The first-order valence-electron chi connectivity index (χ1n) is 27.4. The van der Waals surface area contributed by atoms with Gasteiger partial charge in [-0.3, -0.25) is 0 Å². The van der Waals surface area contributed by atoms with Gasteiger partial charge in [0.2, 0.25) is 0 Å². The second kappa shape index (κ2) is 15.2. The third kappa shape index (κ3) is 5.55. The van der Waals surface area contributed by atoms with Crippen molar-refractivity contribution in [3.8, 4) is 11.1 Å². The molecule has 5 fully saturated rings. The summed E-state index contributed by atoms with van der Waals surface area (Å²) in [7, 11) is 0. The maximum atomic E-state index is 6.60. The molecule has 1 heterocycles. The molecule has 0 saturated heterocycles. The highest BCUT2D eigenvalue weighted by atomic mass is 16.3. The highest BCUT2D eigenvalue weighted by molar-refractivity contribution is 6.07. The molecule has 16 rings (SSSR count). The van der Waals surface area contributed by atoms with Crippen molar-refractivity contribution in [1.82, 2.24) is 0 Å². The maximum absolute atomic E-state index is 6.60. The molecule has 8 aromatic rings. The summed E-state index contributed by atoms with van der Waals surface area (Å²) in [6.45, 7) is 2.41. The van der Waals surface area contributed by atoms with E-state index in [0.717, 1.165) is 64.0 Å². The Bertz CT molecular complexity index is 3680. The second-order valence-electron chi connectivity index (χ2n) is 23.4. The van der Waals surface area contributed by atoms with E-state index in [9.17, 15) is 0 Å². The molecule has 71 heavy (non-hydrogen) atoms. The number of nitrogens with zero attached hydrogens (tertiary/aromatic N) is 1. The van der Waals surface area contributed by atoms with Crippen molar-refractivity contribution in [2.75, 3.05) is 4.90 Å². The summed E-state index contributed by atoms with van der Waals surface area (Å²) in [6, 6.07) is 58.0. The molecule has 0 aliphatic heterocycles. The normalized spacial score (nSPS) is 29.0. The van der Waals surface area contributed by atoms with Gasteiger partial charge in [0.1, 0.15) is 11.2 Å². The fourth-order valence-corrected chi connectivity index (χ4v) is 17.7. The van der Waals surface area contributed by atoms with E-state index in [-0.39, 0.29) is 11.3 Å². The molecule has 1 aromatic heterocycles. The van der Waals surface area contributed by atoms with Crippen molar-refractivity contribution in [3.05, 3.63) is 215 Å². The van der Waals surface area contributed by atoms with Crippen molar-refractivity contribution >= 4 is 55.2 Å². The van der Waals surface area contributed by atoms with E-state index >= 15 is 0 Å². The smallest absolute Gasteiger partial charge is 0.136 e. The highest BCUT2D eigenvalue weighted by Gasteiger charge is 2.84. The summed E-state index contributed by atoms with van der Waals surface area (Å²) in [5, 5.41) is 5.12. The minimum absolute atomic E-state index is 0.208. The number of para-hydroxylation sites is 3. The average Bonchev–Trinajstić information content (AvgIpc) is 4.18. The molecule has 8 unspecified atom stereocenters. The lowest BCUT2D eigenvalue weighted by atomic mass is 9.26. The lowest BCUT2D eigenvalue weighted by Gasteiger charge is -2.77. The molecule has 348 valence electrons. The number of hydrogen-bond acceptors (Lipinski definition) is 2. The van der Waals surface area contributed by atoms with Crippen molar-refractivity contribution in [2.24, 2.45) is 35.0 Å². The van der Waals surface area contributed by atoms with Crippen LogP contribution in [0.2, 0.25) is 0 Å². The number of anilines is 2. The zero-order valence-electron chi connectivity index (χ0n) is 40.9. The van der Waals surface area contributed by atoms with E-state index in [1.54, 1.807) is 16.7 Å². The lowest BCUT2D eigenvalue weighted by molar-refractivity contribution is -0.234. The Labute approximate surface area is 418 Å². The van der Waals surface area contributed by atoms with Gasteiger partial charge in [0.05, 0.1) is 5.69 Å². The summed E-state index contributed by atoms with van der Waals surface area (Å²) in [6.07, 6.45) is 24.9. The van der Waals surface area contributed by atoms with Crippen molar-refractivity contribution in [3.63, 3.8) is 0 Å². The Balaban J connectivity index is 0.880. The van der Waals surface area contributed by atoms with Crippen molar-refractivity contribution in [2.45, 2.75) is 94.8 Å². The van der Waals surface area contributed by atoms with Crippen LogP contribution in [0.1, 0.15) is 117 Å². The molecule has 7 aromatic carbocycles. The molecule has 0 radical (unpaired) electrons. The number of furan rings is 1. The molecule has 8 aliphatic carbocycles.